The lowest BCUT2D eigenvalue weighted by Crippen LogP contribution is -2.27. The number of nitrogens with one attached hydrogen (secondary N) is 2. The summed E-state index contributed by atoms with van der Waals surface area (Å²) in [4.78, 5) is 11.8. The van der Waals surface area contributed by atoms with E-state index in [0.717, 1.165) is 17.2 Å². The van der Waals surface area contributed by atoms with Gasteiger partial charge in [0.1, 0.15) is 17.1 Å². The molecule has 0 radical (unpaired) electrons. The molecule has 0 bridgehead atoms. The van der Waals surface area contributed by atoms with Crippen molar-refractivity contribution >= 4 is 17.5 Å². The number of benzene rings is 1. The van der Waals surface area contributed by atoms with Crippen molar-refractivity contribution in [2.45, 2.75) is 39.8 Å². The second-order valence-corrected chi connectivity index (χ2v) is 6.07. The predicted molar refractivity (Wildman–Crippen MR) is 87.1 cm³/mol. The molecule has 0 fully saturated rings. The Morgan fingerprint density at radius 2 is 1.91 bits per heavy atom. The number of aryl methyl sites for hydroxylation is 1. The molecule has 22 heavy (non-hydrogen) atoms. The predicted octanol–water partition coefficient (Wildman–Crippen LogP) is 4.55. The van der Waals surface area contributed by atoms with E-state index in [1.54, 1.807) is 0 Å². The summed E-state index contributed by atoms with van der Waals surface area (Å²) < 4.78 is 10.7. The number of anilines is 2. The minimum Gasteiger partial charge on any atom is -0.465 e. The maximum Gasteiger partial charge on any atom is 0.412 e. The molecule has 0 aliphatic carbocycles. The van der Waals surface area contributed by atoms with Gasteiger partial charge in [0, 0.05) is 11.4 Å². The van der Waals surface area contributed by atoms with E-state index < -0.39 is 11.7 Å². The number of rotatable bonds is 4. The Labute approximate surface area is 130 Å². The van der Waals surface area contributed by atoms with E-state index >= 15 is 0 Å². The van der Waals surface area contributed by atoms with Crippen molar-refractivity contribution in [3.05, 3.63) is 47.9 Å². The molecule has 2 N–H and O–H groups in total. The summed E-state index contributed by atoms with van der Waals surface area (Å²) in [5.41, 5.74) is 1.05. The lowest BCUT2D eigenvalue weighted by molar-refractivity contribution is 0.0636. The molecule has 0 aliphatic heterocycles. The fourth-order valence-electron chi connectivity index (χ4n) is 1.90. The van der Waals surface area contributed by atoms with Crippen LogP contribution in [-0.4, -0.2) is 11.7 Å². The van der Waals surface area contributed by atoms with Gasteiger partial charge in [-0.3, -0.25) is 5.32 Å². The third-order valence-electron chi connectivity index (χ3n) is 2.77. The SMILES string of the molecule is Cc1ccc(CNc2cccc(NC(=O)OC(C)(C)C)c2)o1. The second kappa shape index (κ2) is 6.56. The minimum absolute atomic E-state index is 0.466. The largest absolute Gasteiger partial charge is 0.465 e. The van der Waals surface area contributed by atoms with Crippen LogP contribution < -0.4 is 10.6 Å². The van der Waals surface area contributed by atoms with Crippen LogP contribution in [0.3, 0.4) is 0 Å². The van der Waals surface area contributed by atoms with Crippen LogP contribution in [0.1, 0.15) is 32.3 Å². The molecular formula is C17H22N2O3. The lowest BCUT2D eigenvalue weighted by Gasteiger charge is -2.19. The van der Waals surface area contributed by atoms with E-state index in [9.17, 15) is 4.79 Å². The highest BCUT2D eigenvalue weighted by Gasteiger charge is 2.16. The number of amides is 1. The molecule has 1 aromatic heterocycles. The zero-order valence-electron chi connectivity index (χ0n) is 13.4. The zero-order chi connectivity index (χ0) is 16.2. The summed E-state index contributed by atoms with van der Waals surface area (Å²) in [6.07, 6.45) is -0.466. The molecule has 0 saturated heterocycles. The molecule has 0 saturated carbocycles. The van der Waals surface area contributed by atoms with Gasteiger partial charge in [0.05, 0.1) is 6.54 Å². The molecule has 0 aliphatic rings. The number of ether oxygens (including phenoxy) is 1. The molecule has 1 aromatic carbocycles. The first kappa shape index (κ1) is 15.9. The van der Waals surface area contributed by atoms with Gasteiger partial charge in [-0.15, -0.1) is 0 Å². The van der Waals surface area contributed by atoms with Crippen molar-refractivity contribution < 1.29 is 13.9 Å². The van der Waals surface area contributed by atoms with Gasteiger partial charge in [0.25, 0.3) is 0 Å². The molecule has 5 nitrogen and oxygen atoms in total. The van der Waals surface area contributed by atoms with Crippen LogP contribution >= 0.6 is 0 Å². The van der Waals surface area contributed by atoms with Gasteiger partial charge in [-0.25, -0.2) is 4.79 Å². The van der Waals surface area contributed by atoms with Gasteiger partial charge < -0.3 is 14.5 Å². The topological polar surface area (TPSA) is 63.5 Å². The van der Waals surface area contributed by atoms with Gasteiger partial charge >= 0.3 is 6.09 Å². The van der Waals surface area contributed by atoms with Crippen molar-refractivity contribution in [1.29, 1.82) is 0 Å². The quantitative estimate of drug-likeness (QED) is 0.870. The molecule has 2 aromatic rings. The third-order valence-corrected chi connectivity index (χ3v) is 2.77. The highest BCUT2D eigenvalue weighted by Crippen LogP contribution is 2.18. The van der Waals surface area contributed by atoms with Crippen molar-refractivity contribution in [1.82, 2.24) is 0 Å². The monoisotopic (exact) mass is 302 g/mol. The Kier molecular flexibility index (Phi) is 4.75. The Morgan fingerprint density at radius 3 is 2.55 bits per heavy atom. The van der Waals surface area contributed by atoms with Gasteiger partial charge in [-0.1, -0.05) is 6.07 Å². The highest BCUT2D eigenvalue weighted by molar-refractivity contribution is 5.85. The average Bonchev–Trinajstić information content (AvgIpc) is 2.80. The molecule has 0 atom stereocenters. The molecule has 0 spiro atoms. The lowest BCUT2D eigenvalue weighted by atomic mass is 10.2. The second-order valence-electron chi connectivity index (χ2n) is 6.07. The Balaban J connectivity index is 1.93. The number of furan rings is 1. The molecular weight excluding hydrogens is 280 g/mol. The first-order valence-electron chi connectivity index (χ1n) is 7.21. The van der Waals surface area contributed by atoms with E-state index in [1.807, 2.05) is 64.1 Å². The van der Waals surface area contributed by atoms with Crippen molar-refractivity contribution in [3.63, 3.8) is 0 Å². The summed E-state index contributed by atoms with van der Waals surface area (Å²) in [5, 5.41) is 5.97. The highest BCUT2D eigenvalue weighted by atomic mass is 16.6. The van der Waals surface area contributed by atoms with Crippen LogP contribution in [0.25, 0.3) is 0 Å². The van der Waals surface area contributed by atoms with Gasteiger partial charge in [-0.05, 0) is 58.0 Å². The molecule has 1 heterocycles. The van der Waals surface area contributed by atoms with Crippen LogP contribution in [0.15, 0.2) is 40.8 Å². The summed E-state index contributed by atoms with van der Waals surface area (Å²) >= 11 is 0. The van der Waals surface area contributed by atoms with Crippen LogP contribution in [0.2, 0.25) is 0 Å². The van der Waals surface area contributed by atoms with E-state index in [-0.39, 0.29) is 0 Å². The maximum absolute atomic E-state index is 11.8. The molecule has 118 valence electrons. The van der Waals surface area contributed by atoms with E-state index in [1.165, 1.54) is 0 Å². The van der Waals surface area contributed by atoms with Gasteiger partial charge in [0.2, 0.25) is 0 Å². The fraction of sp³-hybridized carbons (Fsp3) is 0.353. The number of hydrogen-bond donors (Lipinski definition) is 2. The van der Waals surface area contributed by atoms with Gasteiger partial charge in [-0.2, -0.15) is 0 Å². The van der Waals surface area contributed by atoms with Crippen LogP contribution in [0.4, 0.5) is 16.2 Å². The summed E-state index contributed by atoms with van der Waals surface area (Å²) in [5.74, 6) is 1.75. The fourth-order valence-corrected chi connectivity index (χ4v) is 1.90. The van der Waals surface area contributed by atoms with E-state index in [2.05, 4.69) is 10.6 Å². The molecule has 5 heteroatoms. The summed E-state index contributed by atoms with van der Waals surface area (Å²) in [6, 6.07) is 11.3. The number of carbonyl (C=O) groups is 1. The summed E-state index contributed by atoms with van der Waals surface area (Å²) in [6.45, 7) is 7.99. The standard InChI is InChI=1S/C17H22N2O3/c1-12-8-9-15(21-12)11-18-13-6-5-7-14(10-13)19-16(20)22-17(2,3)4/h5-10,18H,11H2,1-4H3,(H,19,20). The van der Waals surface area contributed by atoms with Crippen molar-refractivity contribution in [2.75, 3.05) is 10.6 Å². The third kappa shape index (κ3) is 5.16. The van der Waals surface area contributed by atoms with Crippen LogP contribution in [0.5, 0.6) is 0 Å². The van der Waals surface area contributed by atoms with E-state index in [0.29, 0.717) is 12.2 Å². The van der Waals surface area contributed by atoms with E-state index in [4.69, 9.17) is 9.15 Å². The molecule has 0 unspecified atom stereocenters. The van der Waals surface area contributed by atoms with Gasteiger partial charge in [0.15, 0.2) is 0 Å². The zero-order valence-corrected chi connectivity index (χ0v) is 13.4. The normalized spacial score (nSPS) is 11.1. The Hall–Kier alpha value is -2.43. The van der Waals surface area contributed by atoms with Crippen LogP contribution in [-0.2, 0) is 11.3 Å². The minimum atomic E-state index is -0.517. The average molecular weight is 302 g/mol. The maximum atomic E-state index is 11.8. The molecule has 2 rings (SSSR count). The smallest absolute Gasteiger partial charge is 0.412 e. The first-order chi connectivity index (χ1) is 10.3. The Morgan fingerprint density at radius 1 is 1.18 bits per heavy atom. The number of carbonyl (C=O) groups excluding carboxylic acids is 1. The summed E-state index contributed by atoms with van der Waals surface area (Å²) in [7, 11) is 0. The Bertz CT molecular complexity index is 641. The van der Waals surface area contributed by atoms with Crippen molar-refractivity contribution in [2.24, 2.45) is 0 Å². The van der Waals surface area contributed by atoms with Crippen LogP contribution in [0, 0.1) is 6.92 Å². The van der Waals surface area contributed by atoms with Crippen molar-refractivity contribution in [3.8, 4) is 0 Å². The first-order valence-corrected chi connectivity index (χ1v) is 7.21. The molecule has 1 amide bonds. The number of hydrogen-bond acceptors (Lipinski definition) is 4.